The summed E-state index contributed by atoms with van der Waals surface area (Å²) in [7, 11) is 1.74. The highest BCUT2D eigenvalue weighted by Crippen LogP contribution is 2.31. The van der Waals surface area contributed by atoms with Crippen LogP contribution in [0, 0.1) is 0 Å². The molecule has 104 valence electrons. The molecule has 1 aromatic carbocycles. The lowest BCUT2D eigenvalue weighted by molar-refractivity contribution is 0.0774. The van der Waals surface area contributed by atoms with E-state index < -0.39 is 0 Å². The van der Waals surface area contributed by atoms with Crippen LogP contribution in [-0.4, -0.2) is 31.1 Å². The van der Waals surface area contributed by atoms with Crippen LogP contribution in [0.15, 0.2) is 41.0 Å². The summed E-state index contributed by atoms with van der Waals surface area (Å²) >= 11 is 0. The normalized spacial score (nSPS) is 13.1. The molecular weight excluding hydrogens is 258 g/mol. The number of nitrogens with zero attached hydrogens (tertiary/aromatic N) is 1. The van der Waals surface area contributed by atoms with Crippen LogP contribution in [0.25, 0.3) is 0 Å². The summed E-state index contributed by atoms with van der Waals surface area (Å²) in [5.41, 5.74) is 0.573. The molecule has 0 saturated carbocycles. The summed E-state index contributed by atoms with van der Waals surface area (Å²) in [6.07, 6.45) is 1.59. The first-order chi connectivity index (χ1) is 9.74. The lowest BCUT2D eigenvalue weighted by Crippen LogP contribution is -2.26. The minimum atomic E-state index is -0.0848. The zero-order valence-electron chi connectivity index (χ0n) is 11.2. The van der Waals surface area contributed by atoms with E-state index >= 15 is 0 Å². The van der Waals surface area contributed by atoms with Crippen molar-refractivity contribution in [3.63, 3.8) is 0 Å². The van der Waals surface area contributed by atoms with E-state index in [1.54, 1.807) is 42.5 Å². The quantitative estimate of drug-likeness (QED) is 0.861. The van der Waals surface area contributed by atoms with Gasteiger partial charge in [-0.3, -0.25) is 4.79 Å². The Bertz CT molecular complexity index is 606. The number of rotatable bonds is 3. The van der Waals surface area contributed by atoms with Crippen molar-refractivity contribution in [2.75, 3.05) is 20.3 Å². The van der Waals surface area contributed by atoms with E-state index in [4.69, 9.17) is 13.9 Å². The number of fused-ring (bicyclic) bond motifs is 1. The van der Waals surface area contributed by atoms with Crippen molar-refractivity contribution >= 4 is 5.91 Å². The Morgan fingerprint density at radius 1 is 1.20 bits per heavy atom. The third-order valence-corrected chi connectivity index (χ3v) is 3.11. The zero-order valence-corrected chi connectivity index (χ0v) is 11.2. The van der Waals surface area contributed by atoms with Crippen molar-refractivity contribution in [3.05, 3.63) is 47.9 Å². The smallest absolute Gasteiger partial charge is 0.254 e. The van der Waals surface area contributed by atoms with Gasteiger partial charge in [-0.1, -0.05) is 0 Å². The highest BCUT2D eigenvalue weighted by molar-refractivity contribution is 5.94. The maximum Gasteiger partial charge on any atom is 0.254 e. The van der Waals surface area contributed by atoms with Gasteiger partial charge >= 0.3 is 0 Å². The third kappa shape index (κ3) is 2.47. The summed E-state index contributed by atoms with van der Waals surface area (Å²) in [5.74, 6) is 1.96. The molecule has 1 amide bonds. The average Bonchev–Trinajstić information content (AvgIpc) is 2.99. The molecule has 0 atom stereocenters. The van der Waals surface area contributed by atoms with Gasteiger partial charge in [-0.05, 0) is 30.3 Å². The molecular formula is C15H15NO4. The Labute approximate surface area is 116 Å². The fourth-order valence-corrected chi connectivity index (χ4v) is 2.10. The largest absolute Gasteiger partial charge is 0.486 e. The van der Waals surface area contributed by atoms with Crippen molar-refractivity contribution in [2.45, 2.75) is 6.54 Å². The number of benzene rings is 1. The molecule has 0 fully saturated rings. The fraction of sp³-hybridized carbons (Fsp3) is 0.267. The Balaban J connectivity index is 1.76. The molecule has 1 aliphatic rings. The highest BCUT2D eigenvalue weighted by atomic mass is 16.6. The predicted octanol–water partition coefficient (Wildman–Crippen LogP) is 2.32. The lowest BCUT2D eigenvalue weighted by atomic mass is 10.1. The van der Waals surface area contributed by atoms with Gasteiger partial charge in [-0.2, -0.15) is 0 Å². The first-order valence-corrected chi connectivity index (χ1v) is 6.41. The SMILES string of the molecule is CN(Cc1ccco1)C(=O)c1ccc2c(c1)OCCO2. The monoisotopic (exact) mass is 273 g/mol. The average molecular weight is 273 g/mol. The first kappa shape index (κ1) is 12.6. The maximum absolute atomic E-state index is 12.3. The summed E-state index contributed by atoms with van der Waals surface area (Å²) in [5, 5.41) is 0. The number of carbonyl (C=O) groups is 1. The Morgan fingerprint density at radius 3 is 2.75 bits per heavy atom. The lowest BCUT2D eigenvalue weighted by Gasteiger charge is -2.20. The highest BCUT2D eigenvalue weighted by Gasteiger charge is 2.18. The molecule has 0 unspecified atom stereocenters. The number of hydrogen-bond donors (Lipinski definition) is 0. The summed E-state index contributed by atoms with van der Waals surface area (Å²) < 4.78 is 16.2. The van der Waals surface area contributed by atoms with Crippen molar-refractivity contribution in [3.8, 4) is 11.5 Å². The van der Waals surface area contributed by atoms with Gasteiger partial charge in [-0.25, -0.2) is 0 Å². The second kappa shape index (κ2) is 5.28. The van der Waals surface area contributed by atoms with Gasteiger partial charge in [0.05, 0.1) is 12.8 Å². The van der Waals surface area contributed by atoms with E-state index in [0.29, 0.717) is 36.8 Å². The van der Waals surface area contributed by atoms with Gasteiger partial charge in [-0.15, -0.1) is 0 Å². The van der Waals surface area contributed by atoms with Crippen LogP contribution < -0.4 is 9.47 Å². The van der Waals surface area contributed by atoms with Gasteiger partial charge in [0, 0.05) is 12.6 Å². The summed E-state index contributed by atoms with van der Waals surface area (Å²) in [6.45, 7) is 1.48. The molecule has 3 rings (SSSR count). The van der Waals surface area contributed by atoms with Crippen LogP contribution in [0.2, 0.25) is 0 Å². The van der Waals surface area contributed by atoms with Gasteiger partial charge in [0.15, 0.2) is 11.5 Å². The van der Waals surface area contributed by atoms with Crippen LogP contribution in [-0.2, 0) is 6.54 Å². The molecule has 0 N–H and O–H groups in total. The third-order valence-electron chi connectivity index (χ3n) is 3.11. The first-order valence-electron chi connectivity index (χ1n) is 6.41. The topological polar surface area (TPSA) is 51.9 Å². The standard InChI is InChI=1S/C15H15NO4/c1-16(10-12-3-2-6-18-12)15(17)11-4-5-13-14(9-11)20-8-7-19-13/h2-6,9H,7-8,10H2,1H3. The molecule has 0 spiro atoms. The van der Waals surface area contributed by atoms with Crippen molar-refractivity contribution < 1.29 is 18.7 Å². The van der Waals surface area contributed by atoms with Crippen molar-refractivity contribution in [1.29, 1.82) is 0 Å². The molecule has 0 aliphatic carbocycles. The molecule has 0 bridgehead atoms. The van der Waals surface area contributed by atoms with E-state index in [9.17, 15) is 4.79 Å². The molecule has 1 aromatic heterocycles. The van der Waals surface area contributed by atoms with Crippen LogP contribution in [0.5, 0.6) is 11.5 Å². The van der Waals surface area contributed by atoms with Gasteiger partial charge in [0.25, 0.3) is 5.91 Å². The molecule has 20 heavy (non-hydrogen) atoms. The summed E-state index contributed by atoms with van der Waals surface area (Å²) in [6, 6.07) is 8.87. The van der Waals surface area contributed by atoms with Gasteiger partial charge < -0.3 is 18.8 Å². The fourth-order valence-electron chi connectivity index (χ4n) is 2.10. The van der Waals surface area contributed by atoms with Crippen LogP contribution in [0.4, 0.5) is 0 Å². The second-order valence-corrected chi connectivity index (χ2v) is 4.60. The van der Waals surface area contributed by atoms with E-state index in [-0.39, 0.29) is 5.91 Å². The molecule has 0 radical (unpaired) electrons. The molecule has 0 saturated heterocycles. The Hall–Kier alpha value is -2.43. The minimum absolute atomic E-state index is 0.0848. The van der Waals surface area contributed by atoms with E-state index in [0.717, 1.165) is 5.76 Å². The Morgan fingerprint density at radius 2 is 2.00 bits per heavy atom. The molecule has 5 heteroatoms. The number of hydrogen-bond acceptors (Lipinski definition) is 4. The predicted molar refractivity (Wildman–Crippen MR) is 71.9 cm³/mol. The molecule has 2 heterocycles. The number of ether oxygens (including phenoxy) is 2. The number of furan rings is 1. The van der Waals surface area contributed by atoms with Gasteiger partial charge in [0.2, 0.25) is 0 Å². The van der Waals surface area contributed by atoms with Crippen LogP contribution >= 0.6 is 0 Å². The van der Waals surface area contributed by atoms with E-state index in [1.165, 1.54) is 0 Å². The maximum atomic E-state index is 12.3. The molecule has 1 aliphatic heterocycles. The minimum Gasteiger partial charge on any atom is -0.486 e. The van der Waals surface area contributed by atoms with Crippen LogP contribution in [0.1, 0.15) is 16.1 Å². The second-order valence-electron chi connectivity index (χ2n) is 4.60. The number of amides is 1. The zero-order chi connectivity index (χ0) is 13.9. The van der Waals surface area contributed by atoms with Crippen LogP contribution in [0.3, 0.4) is 0 Å². The van der Waals surface area contributed by atoms with E-state index in [1.807, 2.05) is 6.07 Å². The number of carbonyl (C=O) groups excluding carboxylic acids is 1. The van der Waals surface area contributed by atoms with E-state index in [2.05, 4.69) is 0 Å². The van der Waals surface area contributed by atoms with Gasteiger partial charge in [0.1, 0.15) is 19.0 Å². The Kier molecular flexibility index (Phi) is 3.33. The molecule has 2 aromatic rings. The van der Waals surface area contributed by atoms with Crippen molar-refractivity contribution in [2.24, 2.45) is 0 Å². The van der Waals surface area contributed by atoms with Crippen molar-refractivity contribution in [1.82, 2.24) is 4.90 Å². The summed E-state index contributed by atoms with van der Waals surface area (Å²) in [4.78, 5) is 13.9. The molecule has 5 nitrogen and oxygen atoms in total.